The average molecular weight is 240 g/mol. The molecular formula is C6H6F2N2O4S. The third-order valence-electron chi connectivity index (χ3n) is 1.59. The van der Waals surface area contributed by atoms with Crippen LogP contribution in [0.2, 0.25) is 0 Å². The number of halogens is 2. The van der Waals surface area contributed by atoms with E-state index in [0.717, 1.165) is 0 Å². The number of nitrogens with two attached hydrogens (primary N) is 1. The van der Waals surface area contributed by atoms with Crippen LogP contribution in [0.25, 0.3) is 0 Å². The van der Waals surface area contributed by atoms with E-state index in [1.807, 2.05) is 0 Å². The third kappa shape index (κ3) is 2.13. The predicted octanol–water partition coefficient (Wildman–Crippen LogP) is -0.335. The van der Waals surface area contributed by atoms with Crippen LogP contribution in [0.3, 0.4) is 0 Å². The second kappa shape index (κ2) is 3.59. The number of rotatable bonds is 2. The molecule has 84 valence electrons. The fourth-order valence-corrected chi connectivity index (χ4v) is 1.54. The highest BCUT2D eigenvalue weighted by atomic mass is 32.2. The van der Waals surface area contributed by atoms with Crippen molar-refractivity contribution in [3.8, 4) is 5.75 Å². The summed E-state index contributed by atoms with van der Waals surface area (Å²) >= 11 is 0. The van der Waals surface area contributed by atoms with Crippen LogP contribution >= 0.6 is 0 Å². The van der Waals surface area contributed by atoms with Crippen LogP contribution < -0.4 is 10.7 Å². The molecule has 0 aliphatic rings. The Balaban J connectivity index is 3.64. The molecule has 0 saturated heterocycles. The summed E-state index contributed by atoms with van der Waals surface area (Å²) in [6.45, 7) is 0. The van der Waals surface area contributed by atoms with Crippen LogP contribution in [0.1, 0.15) is 12.0 Å². The van der Waals surface area contributed by atoms with Gasteiger partial charge in [-0.15, -0.1) is 0 Å². The molecule has 9 heteroatoms. The summed E-state index contributed by atoms with van der Waals surface area (Å²) in [5.74, 6) is -1.32. The van der Waals surface area contributed by atoms with E-state index < -0.39 is 38.2 Å². The third-order valence-corrected chi connectivity index (χ3v) is 2.52. The minimum absolute atomic E-state index is 0.554. The van der Waals surface area contributed by atoms with Gasteiger partial charge in [-0.25, -0.2) is 22.3 Å². The number of nitrogens with one attached hydrogen (secondary N) is 1. The summed E-state index contributed by atoms with van der Waals surface area (Å²) in [5.41, 5.74) is -2.59. The number of alkyl halides is 2. The Hall–Kier alpha value is -1.48. The SMILES string of the molecule is NS(=O)(=O)c1c[nH]c(=O)c(C(F)F)c1O. The van der Waals surface area contributed by atoms with Gasteiger partial charge in [0.1, 0.15) is 10.5 Å². The molecule has 6 nitrogen and oxygen atoms in total. The topological polar surface area (TPSA) is 113 Å². The summed E-state index contributed by atoms with van der Waals surface area (Å²) in [5, 5.41) is 13.7. The number of pyridine rings is 1. The van der Waals surface area contributed by atoms with Gasteiger partial charge in [-0.05, 0) is 0 Å². The molecule has 4 N–H and O–H groups in total. The van der Waals surface area contributed by atoms with E-state index in [2.05, 4.69) is 5.14 Å². The zero-order valence-corrected chi connectivity index (χ0v) is 7.88. The summed E-state index contributed by atoms with van der Waals surface area (Å²) in [4.78, 5) is 11.6. The van der Waals surface area contributed by atoms with Gasteiger partial charge in [-0.2, -0.15) is 0 Å². The summed E-state index contributed by atoms with van der Waals surface area (Å²) in [6.07, 6.45) is -2.74. The van der Waals surface area contributed by atoms with Crippen molar-refractivity contribution in [3.05, 3.63) is 22.1 Å². The largest absolute Gasteiger partial charge is 0.506 e. The van der Waals surface area contributed by atoms with Gasteiger partial charge in [0.15, 0.2) is 5.75 Å². The molecule has 1 aromatic rings. The fraction of sp³-hybridized carbons (Fsp3) is 0.167. The van der Waals surface area contributed by atoms with Crippen molar-refractivity contribution in [2.24, 2.45) is 5.14 Å². The minimum Gasteiger partial charge on any atom is -0.506 e. The molecule has 0 radical (unpaired) electrons. The van der Waals surface area contributed by atoms with Crippen LogP contribution in [0, 0.1) is 0 Å². The molecule has 0 spiro atoms. The lowest BCUT2D eigenvalue weighted by molar-refractivity contribution is 0.145. The Bertz CT molecular complexity index is 537. The van der Waals surface area contributed by atoms with E-state index in [1.165, 1.54) is 0 Å². The number of primary sulfonamides is 1. The number of aromatic amines is 1. The highest BCUT2D eigenvalue weighted by molar-refractivity contribution is 7.89. The van der Waals surface area contributed by atoms with E-state index >= 15 is 0 Å². The highest BCUT2D eigenvalue weighted by Crippen LogP contribution is 2.29. The normalized spacial score (nSPS) is 12.0. The van der Waals surface area contributed by atoms with Gasteiger partial charge in [-0.3, -0.25) is 4.79 Å². The number of aromatic nitrogens is 1. The first-order chi connectivity index (χ1) is 6.75. The molecule has 0 aromatic carbocycles. The molecule has 0 amide bonds. The molecule has 0 atom stereocenters. The van der Waals surface area contributed by atoms with Gasteiger partial charge in [0, 0.05) is 6.20 Å². The van der Waals surface area contributed by atoms with Crippen molar-refractivity contribution in [3.63, 3.8) is 0 Å². The highest BCUT2D eigenvalue weighted by Gasteiger charge is 2.24. The van der Waals surface area contributed by atoms with Gasteiger partial charge in [0.25, 0.3) is 12.0 Å². The van der Waals surface area contributed by atoms with E-state index in [4.69, 9.17) is 5.11 Å². The number of hydrogen-bond donors (Lipinski definition) is 3. The van der Waals surface area contributed by atoms with Gasteiger partial charge in [-0.1, -0.05) is 0 Å². The van der Waals surface area contributed by atoms with Crippen molar-refractivity contribution in [2.45, 2.75) is 11.3 Å². The quantitative estimate of drug-likeness (QED) is 0.656. The van der Waals surface area contributed by atoms with Crippen LogP contribution in [-0.2, 0) is 10.0 Å². The monoisotopic (exact) mass is 240 g/mol. The van der Waals surface area contributed by atoms with Gasteiger partial charge >= 0.3 is 0 Å². The molecule has 15 heavy (non-hydrogen) atoms. The molecule has 1 heterocycles. The Labute approximate surface area is 82.4 Å². The summed E-state index contributed by atoms with van der Waals surface area (Å²) in [7, 11) is -4.36. The number of aromatic hydroxyl groups is 1. The Kier molecular flexibility index (Phi) is 2.77. The molecule has 0 bridgehead atoms. The van der Waals surface area contributed by atoms with Crippen LogP contribution in [0.15, 0.2) is 15.9 Å². The first kappa shape index (κ1) is 11.6. The fourth-order valence-electron chi connectivity index (χ4n) is 0.937. The number of hydrogen-bond acceptors (Lipinski definition) is 4. The van der Waals surface area contributed by atoms with Crippen LogP contribution in [0.4, 0.5) is 8.78 Å². The van der Waals surface area contributed by atoms with E-state index in [0.29, 0.717) is 6.20 Å². The first-order valence-corrected chi connectivity index (χ1v) is 5.05. The standard InChI is InChI=1S/C6H6F2N2O4S/c7-5(8)3-4(11)2(15(9,13)14)1-10-6(3)12/h1,5H,(H2,9,13,14)(H2,10,11,12). The predicted molar refractivity (Wildman–Crippen MR) is 45.1 cm³/mol. The second-order valence-corrected chi connectivity index (χ2v) is 4.12. The minimum atomic E-state index is -4.36. The van der Waals surface area contributed by atoms with Crippen molar-refractivity contribution in [1.29, 1.82) is 0 Å². The Morgan fingerprint density at radius 3 is 2.40 bits per heavy atom. The summed E-state index contributed by atoms with van der Waals surface area (Å²) < 4.78 is 46.1. The molecular weight excluding hydrogens is 234 g/mol. The van der Waals surface area contributed by atoms with Crippen LogP contribution in [0.5, 0.6) is 5.75 Å². The molecule has 0 unspecified atom stereocenters. The smallest absolute Gasteiger partial charge is 0.272 e. The lowest BCUT2D eigenvalue weighted by Crippen LogP contribution is -2.19. The molecule has 0 aliphatic carbocycles. The second-order valence-electron chi connectivity index (χ2n) is 2.59. The maximum atomic E-state index is 12.2. The maximum absolute atomic E-state index is 12.2. The van der Waals surface area contributed by atoms with Crippen molar-refractivity contribution >= 4 is 10.0 Å². The molecule has 0 fully saturated rings. The lowest BCUT2D eigenvalue weighted by atomic mass is 10.2. The van der Waals surface area contributed by atoms with Gasteiger partial charge in [0.05, 0.1) is 0 Å². The van der Waals surface area contributed by atoms with Gasteiger partial charge < -0.3 is 10.1 Å². The van der Waals surface area contributed by atoms with Crippen molar-refractivity contribution < 1.29 is 22.3 Å². The molecule has 1 rings (SSSR count). The molecule has 0 aliphatic heterocycles. The zero-order chi connectivity index (χ0) is 11.8. The Morgan fingerprint density at radius 2 is 2.00 bits per heavy atom. The van der Waals surface area contributed by atoms with Crippen LogP contribution in [-0.4, -0.2) is 18.5 Å². The van der Waals surface area contributed by atoms with E-state index in [-0.39, 0.29) is 0 Å². The first-order valence-electron chi connectivity index (χ1n) is 3.50. The van der Waals surface area contributed by atoms with E-state index in [9.17, 15) is 22.0 Å². The van der Waals surface area contributed by atoms with Crippen molar-refractivity contribution in [2.75, 3.05) is 0 Å². The van der Waals surface area contributed by atoms with Gasteiger partial charge in [0.2, 0.25) is 10.0 Å². The number of sulfonamides is 1. The van der Waals surface area contributed by atoms with E-state index in [1.54, 1.807) is 4.98 Å². The summed E-state index contributed by atoms with van der Waals surface area (Å²) in [6, 6.07) is 0. The Morgan fingerprint density at radius 1 is 1.47 bits per heavy atom. The molecule has 0 saturated carbocycles. The average Bonchev–Trinajstić information content (AvgIpc) is 2.00. The maximum Gasteiger partial charge on any atom is 0.272 e. The molecule has 1 aromatic heterocycles. The zero-order valence-electron chi connectivity index (χ0n) is 7.07. The number of H-pyrrole nitrogens is 1. The van der Waals surface area contributed by atoms with Crippen molar-refractivity contribution in [1.82, 2.24) is 4.98 Å². The lowest BCUT2D eigenvalue weighted by Gasteiger charge is -2.05.